The molecule has 1 aliphatic heterocycles. The van der Waals surface area contributed by atoms with Gasteiger partial charge < -0.3 is 0 Å². The van der Waals surface area contributed by atoms with Crippen LogP contribution in [0.4, 0.5) is 0 Å². The molecule has 3 heteroatoms. The summed E-state index contributed by atoms with van der Waals surface area (Å²) in [6.45, 7) is 0. The van der Waals surface area contributed by atoms with E-state index >= 15 is 0 Å². The summed E-state index contributed by atoms with van der Waals surface area (Å²) in [7, 11) is 0. The molecule has 12 heavy (non-hydrogen) atoms. The number of allylic oxidation sites excluding steroid dienone is 1. The van der Waals surface area contributed by atoms with E-state index in [9.17, 15) is 0 Å². The molecule has 0 aromatic heterocycles. The zero-order valence-corrected chi connectivity index (χ0v) is 10.7. The molecule has 0 saturated heterocycles. The second-order valence-corrected chi connectivity index (χ2v) is 7.04. The first-order chi connectivity index (χ1) is 5.89. The molecule has 0 radical (unpaired) electrons. The predicted molar refractivity (Wildman–Crippen MR) is 55.1 cm³/mol. The van der Waals surface area contributed by atoms with E-state index < -0.39 is 22.7 Å². The topological polar surface area (TPSA) is 3.24 Å². The van der Waals surface area contributed by atoms with E-state index in [4.69, 9.17) is 11.8 Å². The molecule has 1 aromatic carbocycles. The zero-order valence-electron chi connectivity index (χ0n) is 6.60. The van der Waals surface area contributed by atoms with Gasteiger partial charge in [0.2, 0.25) is 0 Å². The average molecular weight is 281 g/mol. The van der Waals surface area contributed by atoms with Gasteiger partial charge in [-0.15, -0.1) is 0 Å². The number of halogens is 1. The second kappa shape index (κ2) is 6.32. The predicted octanol–water partition coefficient (Wildman–Crippen LogP) is 2.08. The monoisotopic (exact) mass is 281 g/mol. The molecule has 0 N–H and O–H groups in total. The van der Waals surface area contributed by atoms with Gasteiger partial charge in [-0.25, -0.2) is 0 Å². The summed E-state index contributed by atoms with van der Waals surface area (Å²) in [5.41, 5.74) is 0. The molecule has 0 spiro atoms. The van der Waals surface area contributed by atoms with Crippen LogP contribution in [0.15, 0.2) is 48.7 Å². The summed E-state index contributed by atoms with van der Waals surface area (Å²) in [4.78, 5) is 0. The summed E-state index contributed by atoms with van der Waals surface area (Å²) in [5, 5.41) is 0. The smallest absolute Gasteiger partial charge is 0.0623 e. The first-order valence-corrected chi connectivity index (χ1v) is 7.40. The van der Waals surface area contributed by atoms with E-state index in [1.54, 1.807) is 2.41 Å². The molecule has 0 bridgehead atoms. The van der Waals surface area contributed by atoms with Crippen LogP contribution < -0.4 is 0 Å². The third kappa shape index (κ3) is 4.62. The molecular weight excluding hydrogens is 272 g/mol. The van der Waals surface area contributed by atoms with Gasteiger partial charge in [0.25, 0.3) is 0 Å². The van der Waals surface area contributed by atoms with Crippen molar-refractivity contribution < 1.29 is 0 Å². The molecule has 0 saturated carbocycles. The molecule has 2 rings (SSSR count). The number of benzene rings is 1. The third-order valence-electron chi connectivity index (χ3n) is 1.23. The van der Waals surface area contributed by atoms with Gasteiger partial charge in [0.05, 0.1) is 0 Å². The van der Waals surface area contributed by atoms with E-state index in [0.29, 0.717) is 0 Å². The maximum Gasteiger partial charge on any atom is -0.0623 e. The largest absolute Gasteiger partial charge is 0.0623 e. The molecule has 0 fully saturated rings. The van der Waals surface area contributed by atoms with Gasteiger partial charge in [0.15, 0.2) is 0 Å². The first kappa shape index (κ1) is 9.87. The Morgan fingerprint density at radius 2 is 1.42 bits per heavy atom. The van der Waals surface area contributed by atoms with Crippen molar-refractivity contribution in [3.63, 3.8) is 0 Å². The Kier molecular flexibility index (Phi) is 5.20. The Labute approximate surface area is 89.0 Å². The first-order valence-electron chi connectivity index (χ1n) is 3.69. The fourth-order valence-corrected chi connectivity index (χ4v) is 2.80. The molecule has 0 unspecified atom stereocenters. The van der Waals surface area contributed by atoms with E-state index in [1.165, 1.54) is 0 Å². The van der Waals surface area contributed by atoms with Gasteiger partial charge in [0.1, 0.15) is 0 Å². The molecule has 60 valence electrons. The molecule has 0 amide bonds. The normalized spacial score (nSPS) is 11.9. The van der Waals surface area contributed by atoms with Gasteiger partial charge in [-0.2, -0.15) is 0 Å². The fourth-order valence-electron chi connectivity index (χ4n) is 0.698. The van der Waals surface area contributed by atoms with E-state index in [-0.39, 0.29) is 0 Å². The van der Waals surface area contributed by atoms with E-state index in [1.807, 2.05) is 48.7 Å². The van der Waals surface area contributed by atoms with Crippen LogP contribution in [-0.2, 0) is 0 Å². The van der Waals surface area contributed by atoms with Crippen LogP contribution in [0.5, 0.6) is 0 Å². The maximum atomic E-state index is 5.51. The Bertz CT molecular complexity index is 220. The van der Waals surface area contributed by atoms with Crippen molar-refractivity contribution in [1.29, 1.82) is 0 Å². The number of hydrogen-bond donors (Lipinski definition) is 0. The van der Waals surface area contributed by atoms with Crippen molar-refractivity contribution in [3.8, 4) is 0 Å². The van der Waals surface area contributed by atoms with Gasteiger partial charge in [-0.3, -0.25) is 0 Å². The summed E-state index contributed by atoms with van der Waals surface area (Å²) < 4.78 is 3.97. The van der Waals surface area contributed by atoms with Gasteiger partial charge in [-0.05, 0) is 0 Å². The van der Waals surface area contributed by atoms with Crippen LogP contribution in [0.25, 0.3) is 0 Å². The maximum absolute atomic E-state index is 5.51. The minimum Gasteiger partial charge on any atom is -0.0623 e. The zero-order chi connectivity index (χ0) is 8.65. The number of nitrogens with zero attached hydrogens (tertiary/aromatic N) is 1. The van der Waals surface area contributed by atoms with Gasteiger partial charge in [-0.1, -0.05) is 36.4 Å². The molecule has 0 atom stereocenters. The number of hydrogen-bond acceptors (Lipinski definition) is 1. The minimum atomic E-state index is -0.545. The number of rotatable bonds is 0. The van der Waals surface area contributed by atoms with E-state index in [0.717, 1.165) is 0 Å². The van der Waals surface area contributed by atoms with Gasteiger partial charge >= 0.3 is 52.9 Å². The Morgan fingerprint density at radius 3 is 1.58 bits per heavy atom. The van der Waals surface area contributed by atoms with Crippen molar-refractivity contribution in [3.05, 3.63) is 48.7 Å². The Morgan fingerprint density at radius 1 is 0.917 bits per heavy atom. The summed E-state index contributed by atoms with van der Waals surface area (Å²) in [6, 6.07) is 12.0. The van der Waals surface area contributed by atoms with Crippen molar-refractivity contribution in [1.82, 2.24) is 2.41 Å². The summed E-state index contributed by atoms with van der Waals surface area (Å²) in [6.07, 6.45) is 3.91. The second-order valence-electron chi connectivity index (χ2n) is 2.18. The molecule has 1 aromatic rings. The molecular formula is C9H9ClInN. The molecule has 0 aliphatic carbocycles. The molecule has 1 nitrogen and oxygen atoms in total. The summed E-state index contributed by atoms with van der Waals surface area (Å²) in [5.74, 6) is 0. The van der Waals surface area contributed by atoms with Crippen molar-refractivity contribution in [2.75, 3.05) is 0 Å². The van der Waals surface area contributed by atoms with Crippen molar-refractivity contribution >= 4 is 38.2 Å². The van der Waals surface area contributed by atoms with Crippen LogP contribution >= 0.6 is 11.8 Å². The van der Waals surface area contributed by atoms with Crippen LogP contribution in [0.3, 0.4) is 0 Å². The Balaban J connectivity index is 0.000000120. The SMILES string of the molecule is Cl[N]1C=C[CH]=[In]1.c1ccccc1. The Hall–Kier alpha value is -0.210. The average Bonchev–Trinajstić information content (AvgIpc) is 2.60. The molecule has 1 aliphatic rings. The van der Waals surface area contributed by atoms with Crippen LogP contribution in [0, 0.1) is 0 Å². The van der Waals surface area contributed by atoms with E-state index in [2.05, 4.69) is 3.76 Å². The van der Waals surface area contributed by atoms with Crippen molar-refractivity contribution in [2.45, 2.75) is 0 Å². The summed E-state index contributed by atoms with van der Waals surface area (Å²) >= 11 is 4.97. The van der Waals surface area contributed by atoms with Crippen molar-refractivity contribution in [2.24, 2.45) is 0 Å². The van der Waals surface area contributed by atoms with Crippen LogP contribution in [0.2, 0.25) is 0 Å². The molecule has 1 heterocycles. The quantitative estimate of drug-likeness (QED) is 0.658. The van der Waals surface area contributed by atoms with Crippen LogP contribution in [0.1, 0.15) is 0 Å². The minimum absolute atomic E-state index is 0.545. The standard InChI is InChI=1S/C6H6.C3H3ClN.In/c1-2-4-6-5-3-1;1-2-3-5-4;/h1-6H;1-3H;/q;-1;+1. The van der Waals surface area contributed by atoms with Crippen LogP contribution in [-0.4, -0.2) is 28.9 Å². The van der Waals surface area contributed by atoms with Gasteiger partial charge in [0, 0.05) is 0 Å². The third-order valence-corrected chi connectivity index (χ3v) is 4.53. The fraction of sp³-hybridized carbons (Fsp3) is 0.